The number of ether oxygens (including phenoxy) is 3. The summed E-state index contributed by atoms with van der Waals surface area (Å²) in [6.07, 6.45) is 6.21. The molecule has 0 saturated carbocycles. The van der Waals surface area contributed by atoms with Crippen LogP contribution in [-0.2, 0) is 33.4 Å². The molecule has 12 nitrogen and oxygen atoms in total. The van der Waals surface area contributed by atoms with Gasteiger partial charge in [0.15, 0.2) is 0 Å². The number of carbonyl (C=O) groups excluding carboxylic acids is 4. The van der Waals surface area contributed by atoms with Gasteiger partial charge in [-0.3, -0.25) is 24.1 Å². The number of morpholine rings is 1. The second-order valence-corrected chi connectivity index (χ2v) is 14.2. The van der Waals surface area contributed by atoms with Crippen molar-refractivity contribution in [3.05, 3.63) is 60.2 Å². The molecule has 8 atom stereocenters. The summed E-state index contributed by atoms with van der Waals surface area (Å²) in [7, 11) is 1.71. The Morgan fingerprint density at radius 3 is 2.43 bits per heavy atom. The normalized spacial score (nSPS) is 34.1. The summed E-state index contributed by atoms with van der Waals surface area (Å²) >= 11 is 0. The van der Waals surface area contributed by atoms with Crippen molar-refractivity contribution in [1.82, 2.24) is 19.6 Å². The molecule has 3 saturated heterocycles. The molecule has 0 radical (unpaired) electrons. The van der Waals surface area contributed by atoms with E-state index < -0.39 is 59.6 Å². The lowest BCUT2D eigenvalue weighted by Gasteiger charge is -2.40. The zero-order valence-corrected chi connectivity index (χ0v) is 29.0. The van der Waals surface area contributed by atoms with Crippen molar-refractivity contribution in [3.8, 4) is 0 Å². The molecule has 0 bridgehead atoms. The average Bonchev–Trinajstić information content (AvgIpc) is 3.49. The number of hydrogen-bond donors (Lipinski definition) is 1. The first-order chi connectivity index (χ1) is 23.6. The van der Waals surface area contributed by atoms with Gasteiger partial charge in [-0.25, -0.2) is 0 Å². The quantitative estimate of drug-likeness (QED) is 0.339. The van der Waals surface area contributed by atoms with Crippen molar-refractivity contribution < 1.29 is 38.5 Å². The number of cyclic esters (lactones) is 1. The van der Waals surface area contributed by atoms with Crippen LogP contribution in [0.5, 0.6) is 0 Å². The predicted molar refractivity (Wildman–Crippen MR) is 180 cm³/mol. The summed E-state index contributed by atoms with van der Waals surface area (Å²) in [5, 5.41) is 10.6. The Kier molecular flexibility index (Phi) is 10.6. The molecule has 266 valence electrons. The topological polar surface area (TPSA) is 129 Å². The minimum atomic E-state index is -1.47. The molecule has 6 rings (SSSR count). The van der Waals surface area contributed by atoms with Gasteiger partial charge in [0.1, 0.15) is 23.7 Å². The van der Waals surface area contributed by atoms with Crippen molar-refractivity contribution in [2.24, 2.45) is 17.8 Å². The van der Waals surface area contributed by atoms with Crippen LogP contribution in [0.3, 0.4) is 0 Å². The first-order valence-electron chi connectivity index (χ1n) is 17.6. The van der Waals surface area contributed by atoms with Crippen LogP contribution >= 0.6 is 0 Å². The van der Waals surface area contributed by atoms with E-state index in [1.54, 1.807) is 22.9 Å². The fourth-order valence-electron chi connectivity index (χ4n) is 8.14. The van der Waals surface area contributed by atoms with Crippen LogP contribution in [0.25, 0.3) is 0 Å². The number of hydrogen-bond acceptors (Lipinski definition) is 9. The molecule has 49 heavy (non-hydrogen) atoms. The zero-order chi connectivity index (χ0) is 34.9. The van der Waals surface area contributed by atoms with Crippen molar-refractivity contribution in [3.63, 3.8) is 0 Å². The molecule has 3 fully saturated rings. The Morgan fingerprint density at radius 1 is 1.00 bits per heavy atom. The molecule has 5 aliphatic heterocycles. The third-order valence-corrected chi connectivity index (χ3v) is 11.1. The summed E-state index contributed by atoms with van der Waals surface area (Å²) in [5.41, 5.74) is -0.748. The fourth-order valence-corrected chi connectivity index (χ4v) is 8.14. The minimum absolute atomic E-state index is 0.0851. The summed E-state index contributed by atoms with van der Waals surface area (Å²) in [6, 6.07) is 7.02. The second-order valence-electron chi connectivity index (χ2n) is 14.2. The van der Waals surface area contributed by atoms with Gasteiger partial charge in [-0.2, -0.15) is 0 Å². The highest BCUT2D eigenvalue weighted by Gasteiger charge is 2.72. The predicted octanol–water partition coefficient (Wildman–Crippen LogP) is 1.80. The molecule has 5 aliphatic rings. The van der Waals surface area contributed by atoms with Gasteiger partial charge in [0.25, 0.3) is 0 Å². The van der Waals surface area contributed by atoms with Crippen LogP contribution < -0.4 is 0 Å². The molecular formula is C37H50N4O8. The fraction of sp³-hybridized carbons (Fsp3) is 0.622. The highest BCUT2D eigenvalue weighted by molar-refractivity contribution is 5.99. The molecule has 3 amide bonds. The number of amides is 3. The van der Waals surface area contributed by atoms with E-state index in [-0.39, 0.29) is 30.8 Å². The van der Waals surface area contributed by atoms with Crippen molar-refractivity contribution in [2.45, 2.75) is 69.5 Å². The number of rotatable bonds is 7. The number of carbonyl (C=O) groups is 4. The number of fused-ring (bicyclic) bond motifs is 2. The molecule has 0 aromatic heterocycles. The molecule has 12 heteroatoms. The minimum Gasteiger partial charge on any atom is -0.455 e. The maximum Gasteiger partial charge on any atom is 0.313 e. The number of aliphatic hydroxyl groups excluding tert-OH is 1. The Hall–Kier alpha value is -3.58. The molecule has 1 aromatic rings. The first kappa shape index (κ1) is 35.3. The van der Waals surface area contributed by atoms with Crippen LogP contribution in [0.1, 0.15) is 45.3 Å². The summed E-state index contributed by atoms with van der Waals surface area (Å²) in [5.74, 6) is -3.72. The van der Waals surface area contributed by atoms with E-state index in [2.05, 4.69) is 4.90 Å². The Bertz CT molecular complexity index is 1440. The number of likely N-dealkylation sites (N-methyl/N-ethyl adjacent to an activating group) is 1. The Labute approximate surface area is 288 Å². The lowest BCUT2D eigenvalue weighted by Crippen LogP contribution is -2.59. The van der Waals surface area contributed by atoms with E-state index in [4.69, 9.17) is 14.2 Å². The first-order valence-corrected chi connectivity index (χ1v) is 17.6. The summed E-state index contributed by atoms with van der Waals surface area (Å²) < 4.78 is 18.7. The smallest absolute Gasteiger partial charge is 0.313 e. The molecule has 1 N–H and O–H groups in total. The number of likely N-dealkylation sites (tertiary alicyclic amines) is 1. The maximum absolute atomic E-state index is 14.8. The molecule has 1 aromatic carbocycles. The maximum atomic E-state index is 14.8. The van der Waals surface area contributed by atoms with E-state index in [9.17, 15) is 24.3 Å². The monoisotopic (exact) mass is 678 g/mol. The molecular weight excluding hydrogens is 628 g/mol. The third kappa shape index (κ3) is 6.56. The van der Waals surface area contributed by atoms with Gasteiger partial charge in [-0.1, -0.05) is 68.5 Å². The van der Waals surface area contributed by atoms with E-state index >= 15 is 0 Å². The van der Waals surface area contributed by atoms with Crippen LogP contribution in [0.15, 0.2) is 54.6 Å². The van der Waals surface area contributed by atoms with Crippen LogP contribution in [-0.4, -0.2) is 138 Å². The van der Waals surface area contributed by atoms with Crippen LogP contribution in [0.4, 0.5) is 0 Å². The van der Waals surface area contributed by atoms with Gasteiger partial charge in [0, 0.05) is 46.2 Å². The highest BCUT2D eigenvalue weighted by atomic mass is 16.6. The number of nitrogens with zero attached hydrogens (tertiary/aromatic N) is 4. The molecule has 1 spiro atoms. The van der Waals surface area contributed by atoms with E-state index in [1.807, 2.05) is 69.3 Å². The van der Waals surface area contributed by atoms with E-state index in [1.165, 1.54) is 4.90 Å². The van der Waals surface area contributed by atoms with Crippen LogP contribution in [0, 0.1) is 17.8 Å². The zero-order valence-electron chi connectivity index (χ0n) is 29.0. The average molecular weight is 679 g/mol. The lowest BCUT2D eigenvalue weighted by molar-refractivity contribution is -0.165. The Balaban J connectivity index is 1.40. The largest absolute Gasteiger partial charge is 0.455 e. The SMILES string of the molecule is CC(C)[C@H](CO)N1C(=O)[C@@H]2[C@H]3C(=O)O[C@H](c4ccccc4)[C@@H](C)N(C)C(=O)CC/C=C\[C@H]3O[C@@]23C=CCN(CCN2CCOCC2)C(=O)[C@@H]13. The molecule has 0 unspecified atom stereocenters. The number of aliphatic hydroxyl groups is 1. The number of esters is 1. The standard InChI is InChI=1S/C37H50N4O8/c1-24(2)27(23-42)41-33-35(45)40(18-17-39-19-21-47-22-20-39)16-10-15-37(33)31(34(41)44)30-28(49-37)13-8-9-14-29(43)38(4)25(3)32(48-36(30)46)26-11-6-5-7-12-26/h5-8,10-13,15,24-25,27-28,30-33,42H,9,14,16-23H2,1-4H3/b13-8-/t25-,27+,28-,30+,31+,32+,33-,37+/m1/s1. The summed E-state index contributed by atoms with van der Waals surface area (Å²) in [4.78, 5) is 64.4. The van der Waals surface area contributed by atoms with Gasteiger partial charge in [-0.05, 0) is 24.8 Å². The third-order valence-electron chi connectivity index (χ3n) is 11.1. The Morgan fingerprint density at radius 2 is 1.73 bits per heavy atom. The van der Waals surface area contributed by atoms with Crippen molar-refractivity contribution in [1.29, 1.82) is 0 Å². The van der Waals surface area contributed by atoms with E-state index in [0.29, 0.717) is 39.3 Å². The van der Waals surface area contributed by atoms with Gasteiger partial charge in [-0.15, -0.1) is 0 Å². The van der Waals surface area contributed by atoms with Crippen molar-refractivity contribution in [2.75, 3.05) is 59.6 Å². The van der Waals surface area contributed by atoms with E-state index in [0.717, 1.165) is 18.7 Å². The van der Waals surface area contributed by atoms with Gasteiger partial charge in [0.2, 0.25) is 17.7 Å². The molecule has 5 heterocycles. The van der Waals surface area contributed by atoms with Crippen LogP contribution in [0.2, 0.25) is 0 Å². The lowest BCUT2D eigenvalue weighted by atomic mass is 9.77. The highest BCUT2D eigenvalue weighted by Crippen LogP contribution is 2.54. The second kappa shape index (κ2) is 14.7. The van der Waals surface area contributed by atoms with Gasteiger partial charge < -0.3 is 34.0 Å². The van der Waals surface area contributed by atoms with Crippen molar-refractivity contribution >= 4 is 23.7 Å². The van der Waals surface area contributed by atoms with Gasteiger partial charge >= 0.3 is 5.97 Å². The number of allylic oxidation sites excluding steroid dienone is 1. The number of benzene rings is 1. The molecule has 0 aliphatic carbocycles. The summed E-state index contributed by atoms with van der Waals surface area (Å²) in [6.45, 7) is 9.58. The van der Waals surface area contributed by atoms with Gasteiger partial charge in [0.05, 0.1) is 43.9 Å².